The Bertz CT molecular complexity index is 1040. The molecule has 0 fully saturated rings. The molecule has 0 aliphatic rings. The summed E-state index contributed by atoms with van der Waals surface area (Å²) in [5.41, 5.74) is -0.695. The Kier molecular flexibility index (Phi) is 4.22. The molecule has 0 atom stereocenters. The average Bonchev–Trinajstić information content (AvgIpc) is 3.18. The third-order valence-electron chi connectivity index (χ3n) is 3.99. The number of ether oxygens (including phenoxy) is 1. The van der Waals surface area contributed by atoms with Crippen molar-refractivity contribution in [1.29, 1.82) is 5.26 Å². The van der Waals surface area contributed by atoms with Crippen LogP contribution in [0.1, 0.15) is 25.1 Å². The first kappa shape index (κ1) is 18.5. The quantitative estimate of drug-likeness (QED) is 0.719. The summed E-state index contributed by atoms with van der Waals surface area (Å²) >= 11 is 0. The van der Waals surface area contributed by atoms with Crippen LogP contribution in [0.3, 0.4) is 0 Å². The lowest BCUT2D eigenvalue weighted by atomic mass is 10.1. The van der Waals surface area contributed by atoms with Gasteiger partial charge in [0.1, 0.15) is 11.2 Å². The van der Waals surface area contributed by atoms with Crippen molar-refractivity contribution in [2.24, 2.45) is 0 Å². The molecule has 3 heterocycles. The maximum Gasteiger partial charge on any atom is 0.418 e. The molecule has 0 saturated carbocycles. The second-order valence-electron chi connectivity index (χ2n) is 6.35. The molecule has 27 heavy (non-hydrogen) atoms. The fraction of sp³-hybridized carbons (Fsp3) is 0.375. The first-order valence-electron chi connectivity index (χ1n) is 7.82. The smallest absolute Gasteiger partial charge is 0.418 e. The zero-order valence-corrected chi connectivity index (χ0v) is 14.9. The first-order valence-corrected chi connectivity index (χ1v) is 7.82. The van der Waals surface area contributed by atoms with E-state index in [1.54, 1.807) is 27.0 Å². The number of anilines is 2. The van der Waals surface area contributed by atoms with Crippen LogP contribution in [0.4, 0.5) is 24.8 Å². The number of fused-ring (bicyclic) bond motifs is 1. The van der Waals surface area contributed by atoms with Crippen molar-refractivity contribution < 1.29 is 17.9 Å². The van der Waals surface area contributed by atoms with Crippen molar-refractivity contribution in [1.82, 2.24) is 24.7 Å². The van der Waals surface area contributed by atoms with Crippen LogP contribution >= 0.6 is 0 Å². The van der Waals surface area contributed by atoms with Crippen LogP contribution < -0.4 is 10.1 Å². The summed E-state index contributed by atoms with van der Waals surface area (Å²) in [5.74, 6) is -0.175. The number of nitrogens with one attached hydrogen (secondary N) is 2. The minimum absolute atomic E-state index is 0.0147. The molecule has 0 aromatic carbocycles. The summed E-state index contributed by atoms with van der Waals surface area (Å²) in [6.07, 6.45) is -2.14. The van der Waals surface area contributed by atoms with Crippen LogP contribution in [0, 0.1) is 18.3 Å². The predicted octanol–water partition coefficient (Wildman–Crippen LogP) is 3.49. The van der Waals surface area contributed by atoms with E-state index in [0.717, 1.165) is 6.20 Å². The van der Waals surface area contributed by atoms with Crippen molar-refractivity contribution in [2.75, 3.05) is 12.4 Å². The summed E-state index contributed by atoms with van der Waals surface area (Å²) in [7, 11) is 1.23. The molecule has 8 nitrogen and oxygen atoms in total. The topological polar surface area (TPSA) is 104 Å². The number of methoxy groups -OCH3 is 1. The van der Waals surface area contributed by atoms with Gasteiger partial charge >= 0.3 is 6.18 Å². The number of aromatic nitrogens is 5. The van der Waals surface area contributed by atoms with E-state index in [9.17, 15) is 18.4 Å². The number of aromatic amines is 1. The predicted molar refractivity (Wildman–Crippen MR) is 90.6 cm³/mol. The van der Waals surface area contributed by atoms with Crippen molar-refractivity contribution in [2.45, 2.75) is 32.5 Å². The van der Waals surface area contributed by atoms with Gasteiger partial charge in [0, 0.05) is 6.20 Å². The van der Waals surface area contributed by atoms with Crippen molar-refractivity contribution in [3.8, 4) is 11.9 Å². The van der Waals surface area contributed by atoms with Crippen LogP contribution in [0.2, 0.25) is 0 Å². The van der Waals surface area contributed by atoms with Gasteiger partial charge in [-0.05, 0) is 20.8 Å². The highest BCUT2D eigenvalue weighted by Crippen LogP contribution is 2.38. The lowest BCUT2D eigenvalue weighted by Crippen LogP contribution is -2.24. The number of hydrogen-bond donors (Lipinski definition) is 2. The first-order chi connectivity index (χ1) is 12.6. The molecule has 3 aromatic heterocycles. The SMILES string of the molecule is COc1nc(Nc2cn(C(C)(C)C#N)nc2C)nc2[nH]cc(C(F)(F)F)c12. The molecular weight excluding hydrogens is 363 g/mol. The molecule has 0 bridgehead atoms. The monoisotopic (exact) mass is 379 g/mol. The van der Waals surface area contributed by atoms with Gasteiger partial charge in [0.05, 0.1) is 41.7 Å². The van der Waals surface area contributed by atoms with Gasteiger partial charge in [-0.2, -0.15) is 33.5 Å². The number of alkyl halides is 3. The largest absolute Gasteiger partial charge is 0.480 e. The second kappa shape index (κ2) is 6.15. The molecular formula is C16H16F3N7O. The van der Waals surface area contributed by atoms with Gasteiger partial charge in [0.15, 0.2) is 0 Å². The van der Waals surface area contributed by atoms with E-state index in [0.29, 0.717) is 11.4 Å². The third kappa shape index (κ3) is 3.25. The Hall–Kier alpha value is -3.29. The number of hydrogen-bond acceptors (Lipinski definition) is 6. The highest BCUT2D eigenvalue weighted by atomic mass is 19.4. The van der Waals surface area contributed by atoms with Crippen molar-refractivity contribution in [3.05, 3.63) is 23.7 Å². The van der Waals surface area contributed by atoms with Gasteiger partial charge in [-0.15, -0.1) is 0 Å². The second-order valence-corrected chi connectivity index (χ2v) is 6.35. The number of nitrogens with zero attached hydrogens (tertiary/aromatic N) is 5. The number of halogens is 3. The Morgan fingerprint density at radius 3 is 2.59 bits per heavy atom. The molecule has 0 radical (unpaired) electrons. The maximum atomic E-state index is 13.1. The minimum atomic E-state index is -4.57. The van der Waals surface area contributed by atoms with E-state index in [-0.39, 0.29) is 22.9 Å². The van der Waals surface area contributed by atoms with Crippen LogP contribution in [0.15, 0.2) is 12.4 Å². The average molecular weight is 379 g/mol. The maximum absolute atomic E-state index is 13.1. The molecule has 2 N–H and O–H groups in total. The summed E-state index contributed by atoms with van der Waals surface area (Å²) in [6, 6.07) is 2.13. The molecule has 0 spiro atoms. The van der Waals surface area contributed by atoms with E-state index >= 15 is 0 Å². The molecule has 142 valence electrons. The van der Waals surface area contributed by atoms with Crippen molar-refractivity contribution >= 4 is 22.7 Å². The zero-order valence-electron chi connectivity index (χ0n) is 14.9. The molecule has 0 amide bonds. The minimum Gasteiger partial charge on any atom is -0.480 e. The summed E-state index contributed by atoms with van der Waals surface area (Å²) in [4.78, 5) is 10.6. The van der Waals surface area contributed by atoms with Crippen LogP contribution in [-0.4, -0.2) is 31.8 Å². The molecule has 3 aromatic rings. The fourth-order valence-corrected chi connectivity index (χ4v) is 2.47. The summed E-state index contributed by atoms with van der Waals surface area (Å²) < 4.78 is 45.9. The molecule has 11 heteroatoms. The van der Waals surface area contributed by atoms with E-state index < -0.39 is 17.3 Å². The van der Waals surface area contributed by atoms with Gasteiger partial charge in [-0.1, -0.05) is 0 Å². The number of aryl methyl sites for hydroxylation is 1. The van der Waals surface area contributed by atoms with Gasteiger partial charge in [-0.25, -0.2) is 0 Å². The van der Waals surface area contributed by atoms with Crippen molar-refractivity contribution in [3.63, 3.8) is 0 Å². The van der Waals surface area contributed by atoms with Gasteiger partial charge < -0.3 is 15.0 Å². The normalized spacial score (nSPS) is 12.2. The number of rotatable bonds is 4. The fourth-order valence-electron chi connectivity index (χ4n) is 2.47. The van der Waals surface area contributed by atoms with Gasteiger partial charge in [0.2, 0.25) is 11.8 Å². The highest BCUT2D eigenvalue weighted by Gasteiger charge is 2.36. The Morgan fingerprint density at radius 1 is 1.30 bits per heavy atom. The Balaban J connectivity index is 2.04. The molecule has 0 aliphatic heterocycles. The van der Waals surface area contributed by atoms with E-state index in [4.69, 9.17) is 4.74 Å². The molecule has 0 aliphatic carbocycles. The number of H-pyrrole nitrogens is 1. The van der Waals surface area contributed by atoms with Crippen LogP contribution in [0.25, 0.3) is 11.0 Å². The van der Waals surface area contributed by atoms with E-state index in [1.165, 1.54) is 11.8 Å². The van der Waals surface area contributed by atoms with Crippen LogP contribution in [0.5, 0.6) is 5.88 Å². The highest BCUT2D eigenvalue weighted by molar-refractivity contribution is 5.86. The Morgan fingerprint density at radius 2 is 2.00 bits per heavy atom. The summed E-state index contributed by atoms with van der Waals surface area (Å²) in [5, 5.41) is 16.2. The lowest BCUT2D eigenvalue weighted by Gasteiger charge is -2.15. The Labute approximate surface area is 152 Å². The molecule has 0 unspecified atom stereocenters. The standard InChI is InChI=1S/C16H16F3N7O/c1-8-10(6-26(25-8)15(2,3)7-20)22-14-23-12-11(13(24-14)27-4)9(5-21-12)16(17,18)19/h5-6H,1-4H3,(H2,21,22,23,24). The van der Waals surface area contributed by atoms with Gasteiger partial charge in [-0.3, -0.25) is 4.68 Å². The molecule has 0 saturated heterocycles. The van der Waals surface area contributed by atoms with Gasteiger partial charge in [0.25, 0.3) is 0 Å². The molecule has 3 rings (SSSR count). The van der Waals surface area contributed by atoms with E-state index in [1.807, 2.05) is 0 Å². The summed E-state index contributed by atoms with van der Waals surface area (Å²) in [6.45, 7) is 5.12. The van der Waals surface area contributed by atoms with Crippen LogP contribution in [-0.2, 0) is 11.7 Å². The zero-order chi connectivity index (χ0) is 20.0. The third-order valence-corrected chi connectivity index (χ3v) is 3.99. The number of nitriles is 1. The van der Waals surface area contributed by atoms with E-state index in [2.05, 4.69) is 31.4 Å². The lowest BCUT2D eigenvalue weighted by molar-refractivity contribution is -0.136.